The van der Waals surface area contributed by atoms with Gasteiger partial charge in [-0.15, -0.1) is 0 Å². The number of likely N-dealkylation sites (N-methyl/N-ethyl adjacent to an activating group) is 1. The Bertz CT molecular complexity index is 783. The molecule has 0 spiro atoms. The fourth-order valence-electron chi connectivity index (χ4n) is 2.92. The molecule has 0 fully saturated rings. The molecule has 118 valence electrons. The summed E-state index contributed by atoms with van der Waals surface area (Å²) in [5, 5.41) is -0.0880. The molecule has 0 radical (unpaired) electrons. The Labute approximate surface area is 124 Å². The third kappa shape index (κ3) is 2.20. The second-order valence-electron chi connectivity index (χ2n) is 5.33. The summed E-state index contributed by atoms with van der Waals surface area (Å²) in [5.74, 6) is 0.182. The predicted octanol–water partition coefficient (Wildman–Crippen LogP) is 3.15. The molecule has 3 rings (SSSR count). The molecule has 22 heavy (non-hydrogen) atoms. The number of aromatic amines is 1. The van der Waals surface area contributed by atoms with Crippen molar-refractivity contribution in [3.05, 3.63) is 34.1 Å². The summed E-state index contributed by atoms with van der Waals surface area (Å²) >= 11 is 0. The van der Waals surface area contributed by atoms with Gasteiger partial charge in [0.2, 0.25) is 5.56 Å². The van der Waals surface area contributed by atoms with Gasteiger partial charge in [-0.1, -0.05) is 0 Å². The van der Waals surface area contributed by atoms with E-state index in [1.165, 1.54) is 6.07 Å². The Morgan fingerprint density at radius 1 is 1.41 bits per heavy atom. The van der Waals surface area contributed by atoms with Crippen LogP contribution in [0, 0.1) is 0 Å². The summed E-state index contributed by atoms with van der Waals surface area (Å²) in [7, 11) is 0. The van der Waals surface area contributed by atoms with Gasteiger partial charge in [-0.25, -0.2) is 0 Å². The molecule has 1 aliphatic rings. The lowest BCUT2D eigenvalue weighted by molar-refractivity contribution is -0.136. The molecule has 4 nitrogen and oxygen atoms in total. The lowest BCUT2D eigenvalue weighted by atomic mass is 10.0. The highest BCUT2D eigenvalue weighted by Gasteiger charge is 2.36. The molecule has 0 aliphatic carbocycles. The monoisotopic (exact) mass is 312 g/mol. The molecule has 0 saturated carbocycles. The zero-order valence-corrected chi connectivity index (χ0v) is 12.1. The van der Waals surface area contributed by atoms with E-state index in [-0.39, 0.29) is 22.7 Å². The number of H-pyrrole nitrogens is 1. The minimum Gasteiger partial charge on any atom is -0.489 e. The minimum atomic E-state index is -4.62. The standard InChI is InChI=1S/C15H15F3N2O2/c1-3-20-8(2)7-22-14-11(20)5-4-10-13(14)9(15(16,17)18)6-12(21)19-10/h4-6,8H,3,7H2,1-2H3,(H,19,21)/t8-/m1/s1. The van der Waals surface area contributed by atoms with Crippen LogP contribution in [0.3, 0.4) is 0 Å². The number of alkyl halides is 3. The first-order valence-electron chi connectivity index (χ1n) is 6.99. The van der Waals surface area contributed by atoms with Crippen molar-refractivity contribution in [1.82, 2.24) is 4.98 Å². The first kappa shape index (κ1) is 14.7. The highest BCUT2D eigenvalue weighted by Crippen LogP contribution is 2.44. The van der Waals surface area contributed by atoms with Gasteiger partial charge in [-0.2, -0.15) is 13.2 Å². The minimum absolute atomic E-state index is 0.0760. The van der Waals surface area contributed by atoms with Gasteiger partial charge in [0.1, 0.15) is 6.61 Å². The van der Waals surface area contributed by atoms with Gasteiger partial charge >= 0.3 is 6.18 Å². The molecule has 1 N–H and O–H groups in total. The van der Waals surface area contributed by atoms with Crippen LogP contribution in [0.2, 0.25) is 0 Å². The maximum atomic E-state index is 13.3. The Kier molecular flexibility index (Phi) is 3.30. The van der Waals surface area contributed by atoms with E-state index in [4.69, 9.17) is 4.74 Å². The lowest BCUT2D eigenvalue weighted by Crippen LogP contribution is -2.41. The lowest BCUT2D eigenvalue weighted by Gasteiger charge is -2.36. The maximum Gasteiger partial charge on any atom is 0.417 e. The van der Waals surface area contributed by atoms with Crippen LogP contribution in [-0.2, 0) is 6.18 Å². The van der Waals surface area contributed by atoms with Crippen LogP contribution >= 0.6 is 0 Å². The third-order valence-corrected chi connectivity index (χ3v) is 3.90. The van der Waals surface area contributed by atoms with Gasteiger partial charge in [0.05, 0.1) is 28.2 Å². The average Bonchev–Trinajstić information content (AvgIpc) is 2.44. The Morgan fingerprint density at radius 3 is 2.77 bits per heavy atom. The van der Waals surface area contributed by atoms with Crippen LogP contribution in [-0.4, -0.2) is 24.2 Å². The highest BCUT2D eigenvalue weighted by molar-refractivity contribution is 5.94. The molecule has 0 unspecified atom stereocenters. The number of hydrogen-bond donors (Lipinski definition) is 1. The van der Waals surface area contributed by atoms with Crippen LogP contribution < -0.4 is 15.2 Å². The second kappa shape index (κ2) is 4.93. The molecule has 7 heteroatoms. The molecule has 1 atom stereocenters. The highest BCUT2D eigenvalue weighted by atomic mass is 19.4. The summed E-state index contributed by atoms with van der Waals surface area (Å²) in [6.45, 7) is 4.85. The molecule has 1 aromatic heterocycles. The number of nitrogens with zero attached hydrogens (tertiary/aromatic N) is 1. The Morgan fingerprint density at radius 2 is 2.14 bits per heavy atom. The second-order valence-corrected chi connectivity index (χ2v) is 5.33. The fourth-order valence-corrected chi connectivity index (χ4v) is 2.92. The van der Waals surface area contributed by atoms with E-state index in [2.05, 4.69) is 4.98 Å². The van der Waals surface area contributed by atoms with Gasteiger partial charge in [-0.05, 0) is 26.0 Å². The van der Waals surface area contributed by atoms with E-state index in [0.29, 0.717) is 24.9 Å². The van der Waals surface area contributed by atoms with Crippen molar-refractivity contribution in [2.24, 2.45) is 0 Å². The first-order valence-corrected chi connectivity index (χ1v) is 6.99. The van der Waals surface area contributed by atoms with Gasteiger partial charge in [0.25, 0.3) is 0 Å². The normalized spacial score (nSPS) is 18.2. The van der Waals surface area contributed by atoms with Gasteiger partial charge in [0.15, 0.2) is 5.75 Å². The van der Waals surface area contributed by atoms with Crippen molar-refractivity contribution in [3.63, 3.8) is 0 Å². The molecular weight excluding hydrogens is 297 g/mol. The largest absolute Gasteiger partial charge is 0.489 e. The molecule has 0 bridgehead atoms. The van der Waals surface area contributed by atoms with Gasteiger partial charge in [-0.3, -0.25) is 4.79 Å². The number of anilines is 1. The van der Waals surface area contributed by atoms with E-state index < -0.39 is 17.3 Å². The summed E-state index contributed by atoms with van der Waals surface area (Å²) in [6.07, 6.45) is -4.62. The van der Waals surface area contributed by atoms with Crippen molar-refractivity contribution >= 4 is 16.6 Å². The Hall–Kier alpha value is -2.18. The van der Waals surface area contributed by atoms with Crippen LogP contribution in [0.5, 0.6) is 5.75 Å². The topological polar surface area (TPSA) is 45.3 Å². The van der Waals surface area contributed by atoms with Crippen LogP contribution in [0.4, 0.5) is 18.9 Å². The predicted molar refractivity (Wildman–Crippen MR) is 77.5 cm³/mol. The van der Waals surface area contributed by atoms with Crippen molar-refractivity contribution in [1.29, 1.82) is 0 Å². The van der Waals surface area contributed by atoms with Crippen LogP contribution in [0.25, 0.3) is 10.9 Å². The summed E-state index contributed by atoms with van der Waals surface area (Å²) in [6, 6.07) is 3.84. The van der Waals surface area contributed by atoms with Crippen molar-refractivity contribution in [2.75, 3.05) is 18.1 Å². The number of halogens is 3. The van der Waals surface area contributed by atoms with E-state index in [1.807, 2.05) is 18.7 Å². The number of benzene rings is 1. The van der Waals surface area contributed by atoms with Crippen LogP contribution in [0.1, 0.15) is 19.4 Å². The number of ether oxygens (including phenoxy) is 1. The molecule has 2 heterocycles. The van der Waals surface area contributed by atoms with Gasteiger partial charge < -0.3 is 14.6 Å². The number of aromatic nitrogens is 1. The molecule has 1 aliphatic heterocycles. The zero-order valence-electron chi connectivity index (χ0n) is 12.1. The molecule has 0 amide bonds. The first-order chi connectivity index (χ1) is 10.3. The maximum absolute atomic E-state index is 13.3. The number of fused-ring (bicyclic) bond motifs is 3. The molecule has 0 saturated heterocycles. The summed E-state index contributed by atoms with van der Waals surface area (Å²) < 4.78 is 45.5. The van der Waals surface area contributed by atoms with E-state index in [1.54, 1.807) is 6.07 Å². The number of pyridine rings is 1. The van der Waals surface area contributed by atoms with E-state index in [0.717, 1.165) is 0 Å². The summed E-state index contributed by atoms with van der Waals surface area (Å²) in [4.78, 5) is 15.9. The quantitative estimate of drug-likeness (QED) is 0.880. The smallest absolute Gasteiger partial charge is 0.417 e. The number of rotatable bonds is 1. The van der Waals surface area contributed by atoms with Gasteiger partial charge in [0, 0.05) is 12.6 Å². The molecule has 1 aromatic carbocycles. The van der Waals surface area contributed by atoms with Crippen LogP contribution in [0.15, 0.2) is 23.0 Å². The SMILES string of the molecule is CCN1c2ccc3[nH]c(=O)cc(C(F)(F)F)c3c2OC[C@H]1C. The Balaban J connectivity index is 2.38. The fraction of sp³-hybridized carbons (Fsp3) is 0.400. The summed E-state index contributed by atoms with van der Waals surface area (Å²) in [5.41, 5.74) is -1.000. The molecular formula is C15H15F3N2O2. The zero-order chi connectivity index (χ0) is 16.1. The number of nitrogens with one attached hydrogen (secondary N) is 1. The van der Waals surface area contributed by atoms with E-state index >= 15 is 0 Å². The molecule has 2 aromatic rings. The van der Waals surface area contributed by atoms with Crippen molar-refractivity contribution < 1.29 is 17.9 Å². The van der Waals surface area contributed by atoms with Crippen molar-refractivity contribution in [2.45, 2.75) is 26.1 Å². The number of hydrogen-bond acceptors (Lipinski definition) is 3. The average molecular weight is 312 g/mol. The van der Waals surface area contributed by atoms with Crippen molar-refractivity contribution in [3.8, 4) is 5.75 Å². The third-order valence-electron chi connectivity index (χ3n) is 3.90. The van der Waals surface area contributed by atoms with E-state index in [9.17, 15) is 18.0 Å².